The number of hydrogen-bond donors (Lipinski definition) is 1. The molecule has 35 heavy (non-hydrogen) atoms. The van der Waals surface area contributed by atoms with Crippen molar-refractivity contribution in [2.45, 2.75) is 39.7 Å². The average Bonchev–Trinajstić information content (AvgIpc) is 3.20. The minimum Gasteiger partial charge on any atom is -0.356 e. The van der Waals surface area contributed by atoms with Crippen LogP contribution in [0.2, 0.25) is 5.02 Å². The molecule has 1 aliphatic heterocycles. The topological polar surface area (TPSA) is 62.5 Å². The molecule has 5 rings (SSSR count). The van der Waals surface area contributed by atoms with Crippen molar-refractivity contribution in [1.82, 2.24) is 19.9 Å². The van der Waals surface area contributed by atoms with Crippen LogP contribution >= 0.6 is 11.6 Å². The summed E-state index contributed by atoms with van der Waals surface area (Å²) in [6, 6.07) is 20.0. The maximum Gasteiger partial charge on any atom is 0.223 e. The van der Waals surface area contributed by atoms with Crippen molar-refractivity contribution in [1.29, 1.82) is 0 Å². The van der Waals surface area contributed by atoms with E-state index in [4.69, 9.17) is 21.7 Å². The molecule has 0 radical (unpaired) electrons. The molecule has 1 saturated heterocycles. The average molecular weight is 488 g/mol. The summed E-state index contributed by atoms with van der Waals surface area (Å²) in [5.74, 6) is 1.17. The summed E-state index contributed by atoms with van der Waals surface area (Å²) in [7, 11) is 0. The first-order chi connectivity index (χ1) is 16.9. The van der Waals surface area contributed by atoms with Crippen LogP contribution < -0.4 is 10.2 Å². The fourth-order valence-corrected chi connectivity index (χ4v) is 5.06. The van der Waals surface area contributed by atoms with Crippen molar-refractivity contribution in [3.8, 4) is 11.1 Å². The second kappa shape index (κ2) is 9.70. The molecule has 2 aromatic carbocycles. The molecule has 1 aliphatic rings. The van der Waals surface area contributed by atoms with E-state index in [1.807, 2.05) is 67.8 Å². The lowest BCUT2D eigenvalue weighted by molar-refractivity contribution is -0.126. The maximum atomic E-state index is 13.0. The van der Waals surface area contributed by atoms with E-state index in [0.29, 0.717) is 5.02 Å². The summed E-state index contributed by atoms with van der Waals surface area (Å²) in [4.78, 5) is 20.1. The van der Waals surface area contributed by atoms with Crippen LogP contribution in [0.3, 0.4) is 0 Å². The number of nitrogens with zero attached hydrogens (tertiary/aromatic N) is 4. The van der Waals surface area contributed by atoms with Crippen LogP contribution in [0.4, 0.5) is 5.82 Å². The number of anilines is 1. The van der Waals surface area contributed by atoms with E-state index >= 15 is 0 Å². The van der Waals surface area contributed by atoms with E-state index in [-0.39, 0.29) is 17.9 Å². The molecule has 1 fully saturated rings. The number of halogens is 1. The molecule has 0 aliphatic carbocycles. The number of benzene rings is 2. The lowest BCUT2D eigenvalue weighted by atomic mass is 9.95. The van der Waals surface area contributed by atoms with E-state index in [1.165, 1.54) is 0 Å². The van der Waals surface area contributed by atoms with E-state index < -0.39 is 0 Å². The highest BCUT2D eigenvalue weighted by molar-refractivity contribution is 6.30. The largest absolute Gasteiger partial charge is 0.356 e. The normalized spacial score (nSPS) is 15.4. The molecule has 1 amide bonds. The molecule has 4 aromatic rings. The molecule has 2 aromatic heterocycles. The summed E-state index contributed by atoms with van der Waals surface area (Å²) in [6.45, 7) is 7.67. The molecule has 1 N–H and O–H groups in total. The van der Waals surface area contributed by atoms with Gasteiger partial charge in [-0.1, -0.05) is 54.1 Å². The highest BCUT2D eigenvalue weighted by Crippen LogP contribution is 2.32. The van der Waals surface area contributed by atoms with Gasteiger partial charge in [-0.15, -0.1) is 0 Å². The zero-order valence-electron chi connectivity index (χ0n) is 20.3. The van der Waals surface area contributed by atoms with E-state index in [9.17, 15) is 4.79 Å². The van der Waals surface area contributed by atoms with Crippen LogP contribution in [-0.4, -0.2) is 33.6 Å². The Labute approximate surface area is 210 Å². The third kappa shape index (κ3) is 4.76. The molecular formula is C28H30ClN5O. The Kier molecular flexibility index (Phi) is 6.48. The molecule has 7 heteroatoms. The highest BCUT2D eigenvalue weighted by atomic mass is 35.5. The van der Waals surface area contributed by atoms with Crippen LogP contribution in [0.1, 0.15) is 42.8 Å². The maximum absolute atomic E-state index is 13.0. The van der Waals surface area contributed by atoms with E-state index in [0.717, 1.165) is 65.5 Å². The number of hydrogen-bond acceptors (Lipinski definition) is 4. The molecule has 6 nitrogen and oxygen atoms in total. The molecule has 3 heterocycles. The van der Waals surface area contributed by atoms with Crippen LogP contribution in [0, 0.1) is 19.8 Å². The van der Waals surface area contributed by atoms with Crippen LogP contribution in [0.15, 0.2) is 60.7 Å². The Morgan fingerprint density at radius 1 is 1.06 bits per heavy atom. The first-order valence-corrected chi connectivity index (χ1v) is 12.5. The molecule has 0 saturated carbocycles. The van der Waals surface area contributed by atoms with Crippen LogP contribution in [0.5, 0.6) is 0 Å². The Morgan fingerprint density at radius 2 is 1.74 bits per heavy atom. The number of carbonyl (C=O) groups excluding carboxylic acids is 1. The quantitative estimate of drug-likeness (QED) is 0.388. The SMILES string of the molecule is Cc1cc(N2CCC(C(=O)NC(C)c3ccccc3)CC2)n2nc(C)c(-c3ccc(Cl)cc3)c2n1. The standard InChI is InChI=1S/C28H30ClN5O/c1-18-17-25(34-27(30-18)26(20(3)32-34)22-9-11-24(29)12-10-22)33-15-13-23(14-16-33)28(35)31-19(2)21-7-5-4-6-8-21/h4-12,17,19,23H,13-16H2,1-3H3,(H,31,35). The van der Waals surface area contributed by atoms with Crippen molar-refractivity contribution in [2.75, 3.05) is 18.0 Å². The number of rotatable bonds is 5. The summed E-state index contributed by atoms with van der Waals surface area (Å²) >= 11 is 6.10. The summed E-state index contributed by atoms with van der Waals surface area (Å²) in [5, 5.41) is 8.76. The van der Waals surface area contributed by atoms with Gasteiger partial charge in [-0.25, -0.2) is 4.98 Å². The van der Waals surface area contributed by atoms with Gasteiger partial charge in [0.25, 0.3) is 0 Å². The van der Waals surface area contributed by atoms with Gasteiger partial charge >= 0.3 is 0 Å². The van der Waals surface area contributed by atoms with Gasteiger partial charge in [-0.2, -0.15) is 9.61 Å². The monoisotopic (exact) mass is 487 g/mol. The summed E-state index contributed by atoms with van der Waals surface area (Å²) < 4.78 is 1.95. The number of aromatic nitrogens is 3. The number of piperidine rings is 1. The van der Waals surface area contributed by atoms with Crippen LogP contribution in [0.25, 0.3) is 16.8 Å². The predicted octanol–water partition coefficient (Wildman–Crippen LogP) is 5.76. The van der Waals surface area contributed by atoms with Crippen molar-refractivity contribution in [2.24, 2.45) is 5.92 Å². The van der Waals surface area contributed by atoms with Crippen molar-refractivity contribution in [3.63, 3.8) is 0 Å². The van der Waals surface area contributed by atoms with Crippen molar-refractivity contribution in [3.05, 3.63) is 82.6 Å². The minimum atomic E-state index is 0.00235. The first-order valence-electron chi connectivity index (χ1n) is 12.1. The Hall–Kier alpha value is -3.38. The van der Waals surface area contributed by atoms with Gasteiger partial charge in [0.15, 0.2) is 5.65 Å². The Morgan fingerprint density at radius 3 is 2.43 bits per heavy atom. The van der Waals surface area contributed by atoms with Gasteiger partial charge in [0, 0.05) is 41.4 Å². The van der Waals surface area contributed by atoms with Gasteiger partial charge in [-0.3, -0.25) is 4.79 Å². The molecule has 1 unspecified atom stereocenters. The van der Waals surface area contributed by atoms with Gasteiger partial charge in [0.05, 0.1) is 11.7 Å². The predicted molar refractivity (Wildman–Crippen MR) is 141 cm³/mol. The third-order valence-corrected chi connectivity index (χ3v) is 7.11. The second-order valence-corrected chi connectivity index (χ2v) is 9.80. The van der Waals surface area contributed by atoms with Gasteiger partial charge in [0.1, 0.15) is 5.82 Å². The summed E-state index contributed by atoms with van der Waals surface area (Å²) in [6.07, 6.45) is 1.61. The van der Waals surface area contributed by atoms with Crippen molar-refractivity contribution < 1.29 is 4.79 Å². The number of amides is 1. The van der Waals surface area contributed by atoms with Crippen molar-refractivity contribution >= 4 is 29.0 Å². The first kappa shape index (κ1) is 23.4. The van der Waals surface area contributed by atoms with Crippen LogP contribution in [-0.2, 0) is 4.79 Å². The van der Waals surface area contributed by atoms with Gasteiger partial charge in [-0.05, 0) is 56.9 Å². The highest BCUT2D eigenvalue weighted by Gasteiger charge is 2.28. The van der Waals surface area contributed by atoms with E-state index in [2.05, 4.69) is 28.4 Å². The minimum absolute atomic E-state index is 0.00235. The molecule has 1 atom stereocenters. The Balaban J connectivity index is 1.34. The third-order valence-electron chi connectivity index (χ3n) is 6.85. The molecule has 0 spiro atoms. The molecular weight excluding hydrogens is 458 g/mol. The molecule has 0 bridgehead atoms. The lowest BCUT2D eigenvalue weighted by Crippen LogP contribution is -2.41. The fourth-order valence-electron chi connectivity index (χ4n) is 4.93. The fraction of sp³-hybridized carbons (Fsp3) is 0.321. The van der Waals surface area contributed by atoms with Gasteiger partial charge in [0.2, 0.25) is 5.91 Å². The Bertz CT molecular complexity index is 1340. The number of carbonyl (C=O) groups is 1. The zero-order chi connectivity index (χ0) is 24.5. The summed E-state index contributed by atoms with van der Waals surface area (Å²) in [5.41, 5.74) is 5.91. The van der Waals surface area contributed by atoms with E-state index in [1.54, 1.807) is 0 Å². The zero-order valence-corrected chi connectivity index (χ0v) is 21.1. The smallest absolute Gasteiger partial charge is 0.223 e. The number of aryl methyl sites for hydroxylation is 2. The lowest BCUT2D eigenvalue weighted by Gasteiger charge is -2.33. The number of nitrogens with one attached hydrogen (secondary N) is 1. The second-order valence-electron chi connectivity index (χ2n) is 9.36. The van der Waals surface area contributed by atoms with Gasteiger partial charge < -0.3 is 10.2 Å². The number of fused-ring (bicyclic) bond motifs is 1. The molecule has 180 valence electrons.